The second-order valence-corrected chi connectivity index (χ2v) is 2.76. The number of carboxylic acid groups (broad SMARTS) is 1. The molecule has 18 heavy (non-hydrogen) atoms. The highest BCUT2D eigenvalue weighted by Crippen LogP contribution is 2.27. The maximum atomic E-state index is 13.2. The molecule has 0 spiro atoms. The van der Waals surface area contributed by atoms with Gasteiger partial charge in [0, 0.05) is 11.1 Å². The van der Waals surface area contributed by atoms with Gasteiger partial charge in [0.25, 0.3) is 0 Å². The fraction of sp³-hybridized carbons (Fsp3) is 0.143. The van der Waals surface area contributed by atoms with Crippen LogP contribution < -0.4 is 4.74 Å². The lowest BCUT2D eigenvalue weighted by Crippen LogP contribution is -2.19. The first-order valence-electron chi connectivity index (χ1n) is 3.96. The molecule has 0 bridgehead atoms. The second kappa shape index (κ2) is 4.43. The SMILES string of the molecule is O=C(O)c1cc(OC(F)(F)F)nc([N+](=O)[O-])c1F. The molecule has 1 aromatic heterocycles. The number of pyridine rings is 1. The molecular weight excluding hydrogens is 268 g/mol. The van der Waals surface area contributed by atoms with Crippen LogP contribution in [-0.4, -0.2) is 27.3 Å². The first-order valence-corrected chi connectivity index (χ1v) is 3.96. The Balaban J connectivity index is 3.38. The average Bonchev–Trinajstić information content (AvgIpc) is 2.17. The number of hydrogen-bond donors (Lipinski definition) is 1. The third-order valence-electron chi connectivity index (χ3n) is 1.54. The first-order chi connectivity index (χ1) is 8.11. The number of alkyl halides is 3. The van der Waals surface area contributed by atoms with Gasteiger partial charge in [-0.1, -0.05) is 0 Å². The van der Waals surface area contributed by atoms with Crippen molar-refractivity contribution in [2.45, 2.75) is 6.36 Å². The quantitative estimate of drug-likeness (QED) is 0.509. The van der Waals surface area contributed by atoms with E-state index in [4.69, 9.17) is 5.11 Å². The van der Waals surface area contributed by atoms with Crippen LogP contribution in [0.1, 0.15) is 10.4 Å². The molecule has 0 saturated carbocycles. The van der Waals surface area contributed by atoms with E-state index in [2.05, 4.69) is 9.72 Å². The minimum absolute atomic E-state index is 0.0954. The molecule has 0 atom stereocenters. The number of hydrogen-bond acceptors (Lipinski definition) is 5. The number of aromatic carboxylic acids is 1. The van der Waals surface area contributed by atoms with Gasteiger partial charge in [0.15, 0.2) is 0 Å². The van der Waals surface area contributed by atoms with Crippen molar-refractivity contribution in [3.63, 3.8) is 0 Å². The molecule has 0 aliphatic heterocycles. The molecular formula is C7H2F4N2O5. The Hall–Kier alpha value is -2.46. The highest BCUT2D eigenvalue weighted by Gasteiger charge is 2.36. The highest BCUT2D eigenvalue weighted by atomic mass is 19.4. The molecule has 7 nitrogen and oxygen atoms in total. The monoisotopic (exact) mass is 270 g/mol. The van der Waals surface area contributed by atoms with Gasteiger partial charge in [-0.05, 0) is 4.92 Å². The third-order valence-corrected chi connectivity index (χ3v) is 1.54. The molecule has 1 aromatic rings. The summed E-state index contributed by atoms with van der Waals surface area (Å²) < 4.78 is 51.9. The summed E-state index contributed by atoms with van der Waals surface area (Å²) in [5, 5.41) is 18.8. The van der Waals surface area contributed by atoms with E-state index >= 15 is 0 Å². The van der Waals surface area contributed by atoms with E-state index in [0.29, 0.717) is 0 Å². The molecule has 0 aliphatic carbocycles. The Bertz CT molecular complexity index is 480. The predicted octanol–water partition coefficient (Wildman–Crippen LogP) is 1.73. The molecule has 0 aliphatic rings. The Labute approximate surface area is 94.8 Å². The van der Waals surface area contributed by atoms with Gasteiger partial charge in [-0.15, -0.1) is 13.2 Å². The lowest BCUT2D eigenvalue weighted by Gasteiger charge is -2.06. The van der Waals surface area contributed by atoms with E-state index in [9.17, 15) is 32.5 Å². The zero-order valence-corrected chi connectivity index (χ0v) is 8.06. The van der Waals surface area contributed by atoms with Crippen LogP contribution in [0.4, 0.5) is 23.4 Å². The largest absolute Gasteiger partial charge is 0.575 e. The van der Waals surface area contributed by atoms with E-state index in [1.165, 1.54) is 0 Å². The van der Waals surface area contributed by atoms with Gasteiger partial charge in [-0.3, -0.25) is 0 Å². The van der Waals surface area contributed by atoms with Gasteiger partial charge in [0.05, 0.1) is 0 Å². The summed E-state index contributed by atoms with van der Waals surface area (Å²) in [7, 11) is 0. The van der Waals surface area contributed by atoms with Gasteiger partial charge in [-0.2, -0.15) is 4.39 Å². The van der Waals surface area contributed by atoms with Gasteiger partial charge in [0.2, 0.25) is 5.82 Å². The van der Waals surface area contributed by atoms with E-state index < -0.39 is 40.3 Å². The van der Waals surface area contributed by atoms with Crippen molar-refractivity contribution in [3.05, 3.63) is 27.6 Å². The van der Waals surface area contributed by atoms with Gasteiger partial charge in [0.1, 0.15) is 5.56 Å². The molecule has 0 fully saturated rings. The fourth-order valence-corrected chi connectivity index (χ4v) is 0.940. The summed E-state index contributed by atoms with van der Waals surface area (Å²) in [6, 6.07) is 0.0954. The maximum absolute atomic E-state index is 13.2. The molecule has 0 unspecified atom stereocenters. The normalized spacial score (nSPS) is 11.1. The summed E-state index contributed by atoms with van der Waals surface area (Å²) in [6.07, 6.45) is -5.24. The van der Waals surface area contributed by atoms with Crippen molar-refractivity contribution in [3.8, 4) is 5.88 Å². The van der Waals surface area contributed by atoms with Crippen LogP contribution in [0.25, 0.3) is 0 Å². The van der Waals surface area contributed by atoms with Crippen LogP contribution in [0.3, 0.4) is 0 Å². The number of nitrogens with zero attached hydrogens (tertiary/aromatic N) is 2. The Morgan fingerprint density at radius 2 is 2.06 bits per heavy atom. The molecule has 0 saturated heterocycles. The Morgan fingerprint density at radius 1 is 1.50 bits per heavy atom. The summed E-state index contributed by atoms with van der Waals surface area (Å²) in [5.74, 6) is -6.96. The fourth-order valence-electron chi connectivity index (χ4n) is 0.940. The van der Waals surface area contributed by atoms with Gasteiger partial charge >= 0.3 is 24.0 Å². The van der Waals surface area contributed by atoms with E-state index in [0.717, 1.165) is 0 Å². The lowest BCUT2D eigenvalue weighted by atomic mass is 10.2. The van der Waals surface area contributed by atoms with Crippen molar-refractivity contribution >= 4 is 11.8 Å². The summed E-state index contributed by atoms with van der Waals surface area (Å²) in [5.41, 5.74) is -1.35. The molecule has 98 valence electrons. The summed E-state index contributed by atoms with van der Waals surface area (Å²) >= 11 is 0. The Morgan fingerprint density at radius 3 is 2.44 bits per heavy atom. The molecule has 1 heterocycles. The van der Waals surface area contributed by atoms with E-state index in [1.807, 2.05) is 0 Å². The van der Waals surface area contributed by atoms with Crippen molar-refractivity contribution in [2.24, 2.45) is 0 Å². The van der Waals surface area contributed by atoms with E-state index in [-0.39, 0.29) is 6.07 Å². The average molecular weight is 270 g/mol. The smallest absolute Gasteiger partial charge is 0.478 e. The van der Waals surface area contributed by atoms with E-state index in [1.54, 1.807) is 0 Å². The number of carbonyl (C=O) groups is 1. The number of ether oxygens (including phenoxy) is 1. The number of carboxylic acids is 1. The van der Waals surface area contributed by atoms with Crippen molar-refractivity contribution in [1.29, 1.82) is 0 Å². The molecule has 0 radical (unpaired) electrons. The van der Waals surface area contributed by atoms with Crippen molar-refractivity contribution in [1.82, 2.24) is 4.98 Å². The lowest BCUT2D eigenvalue weighted by molar-refractivity contribution is -0.392. The molecule has 0 amide bonds. The number of rotatable bonds is 3. The van der Waals surface area contributed by atoms with Crippen LogP contribution in [0.2, 0.25) is 0 Å². The third kappa shape index (κ3) is 3.02. The van der Waals surface area contributed by atoms with Crippen LogP contribution in [-0.2, 0) is 0 Å². The molecule has 11 heteroatoms. The zero-order chi connectivity index (χ0) is 14.1. The molecule has 1 N–H and O–H groups in total. The maximum Gasteiger partial charge on any atom is 0.575 e. The standard InChI is InChI=1S/C7H2F4N2O5/c8-4-2(6(14)15)1-3(18-7(9,10)11)12-5(4)13(16)17/h1H,(H,14,15). The predicted molar refractivity (Wildman–Crippen MR) is 44.5 cm³/mol. The number of aromatic nitrogens is 1. The molecule has 0 aromatic carbocycles. The van der Waals surface area contributed by atoms with Crippen LogP contribution in [0.15, 0.2) is 6.07 Å². The van der Waals surface area contributed by atoms with Crippen LogP contribution >= 0.6 is 0 Å². The second-order valence-electron chi connectivity index (χ2n) is 2.76. The summed E-state index contributed by atoms with van der Waals surface area (Å²) in [4.78, 5) is 21.9. The topological polar surface area (TPSA) is 103 Å². The van der Waals surface area contributed by atoms with Gasteiger partial charge < -0.3 is 20.0 Å². The zero-order valence-electron chi connectivity index (χ0n) is 8.06. The minimum atomic E-state index is -5.24. The minimum Gasteiger partial charge on any atom is -0.478 e. The van der Waals surface area contributed by atoms with Crippen molar-refractivity contribution < 1.29 is 37.1 Å². The van der Waals surface area contributed by atoms with Crippen molar-refractivity contribution in [2.75, 3.05) is 0 Å². The first kappa shape index (κ1) is 13.6. The van der Waals surface area contributed by atoms with Gasteiger partial charge in [-0.25, -0.2) is 4.79 Å². The molecule has 1 rings (SSSR count). The number of halogens is 4. The Kier molecular flexibility index (Phi) is 3.35. The van der Waals surface area contributed by atoms with Crippen LogP contribution in [0, 0.1) is 15.9 Å². The van der Waals surface area contributed by atoms with Crippen LogP contribution in [0.5, 0.6) is 5.88 Å². The summed E-state index contributed by atoms with van der Waals surface area (Å²) in [6.45, 7) is 0. The highest BCUT2D eigenvalue weighted by molar-refractivity contribution is 5.88. The number of nitro groups is 1.